The van der Waals surface area contributed by atoms with Gasteiger partial charge < -0.3 is 5.11 Å². The summed E-state index contributed by atoms with van der Waals surface area (Å²) in [6, 6.07) is 8.25. The van der Waals surface area contributed by atoms with Crippen molar-refractivity contribution in [3.8, 4) is 0 Å². The molecule has 0 aliphatic rings. The third kappa shape index (κ3) is 2.78. The lowest BCUT2D eigenvalue weighted by Crippen LogP contribution is -2.32. The van der Waals surface area contributed by atoms with Crippen molar-refractivity contribution < 1.29 is 19.5 Å². The molecule has 1 rings (SSSR count). The number of rotatable bonds is 4. The molecule has 0 aliphatic carbocycles. The summed E-state index contributed by atoms with van der Waals surface area (Å²) in [6.07, 6.45) is 0. The Kier molecular flexibility index (Phi) is 3.82. The second-order valence-electron chi connectivity index (χ2n) is 2.85. The molecular weight excluding hydrogens is 198 g/mol. The maximum absolute atomic E-state index is 11.4. The monoisotopic (exact) mass is 209 g/mol. The van der Waals surface area contributed by atoms with Crippen molar-refractivity contribution in [1.29, 1.82) is 0 Å². The summed E-state index contributed by atoms with van der Waals surface area (Å²) in [5.41, 5.74) is 2.42. The molecule has 1 atom stereocenters. The number of hydroxylamine groups is 1. The van der Waals surface area contributed by atoms with Gasteiger partial charge in [-0.1, -0.05) is 30.3 Å². The topological polar surface area (TPSA) is 75.6 Å². The molecule has 0 aromatic heterocycles. The van der Waals surface area contributed by atoms with Crippen molar-refractivity contribution in [2.24, 2.45) is 0 Å². The third-order valence-electron chi connectivity index (χ3n) is 1.84. The molecule has 0 heterocycles. The van der Waals surface area contributed by atoms with Crippen molar-refractivity contribution in [2.75, 3.05) is 7.11 Å². The van der Waals surface area contributed by atoms with E-state index in [2.05, 4.69) is 4.84 Å². The van der Waals surface area contributed by atoms with Gasteiger partial charge in [-0.2, -0.15) is 0 Å². The largest absolute Gasteiger partial charge is 0.480 e. The molecule has 0 fully saturated rings. The van der Waals surface area contributed by atoms with E-state index < -0.39 is 17.8 Å². The van der Waals surface area contributed by atoms with Crippen molar-refractivity contribution in [3.63, 3.8) is 0 Å². The Balaban J connectivity index is 2.94. The Hall–Kier alpha value is -1.88. The number of carboxylic acid groups (broad SMARTS) is 1. The van der Waals surface area contributed by atoms with Gasteiger partial charge in [0, 0.05) is 0 Å². The molecule has 0 spiro atoms. The molecule has 1 aromatic rings. The normalized spacial score (nSPS) is 11.8. The first-order valence-corrected chi connectivity index (χ1v) is 4.27. The highest BCUT2D eigenvalue weighted by atomic mass is 16.6. The van der Waals surface area contributed by atoms with Crippen LogP contribution in [-0.2, 0) is 14.4 Å². The zero-order chi connectivity index (χ0) is 11.3. The van der Waals surface area contributed by atoms with Gasteiger partial charge in [0.2, 0.25) is 0 Å². The van der Waals surface area contributed by atoms with Crippen LogP contribution in [-0.4, -0.2) is 24.1 Å². The molecule has 1 aromatic carbocycles. The van der Waals surface area contributed by atoms with Crippen molar-refractivity contribution in [2.45, 2.75) is 5.92 Å². The zero-order valence-electron chi connectivity index (χ0n) is 8.14. The Labute approximate surface area is 86.6 Å². The second kappa shape index (κ2) is 5.11. The lowest BCUT2D eigenvalue weighted by molar-refractivity contribution is -0.146. The predicted molar refractivity (Wildman–Crippen MR) is 52.0 cm³/mol. The fourth-order valence-corrected chi connectivity index (χ4v) is 1.21. The average Bonchev–Trinajstić information content (AvgIpc) is 2.19. The van der Waals surface area contributed by atoms with Crippen LogP contribution < -0.4 is 5.48 Å². The van der Waals surface area contributed by atoms with E-state index in [-0.39, 0.29) is 0 Å². The smallest absolute Gasteiger partial charge is 0.320 e. The average molecular weight is 209 g/mol. The molecule has 80 valence electrons. The molecule has 15 heavy (non-hydrogen) atoms. The lowest BCUT2D eigenvalue weighted by atomic mass is 9.99. The highest BCUT2D eigenvalue weighted by molar-refractivity contribution is 6.02. The predicted octanol–water partition coefficient (Wildman–Crippen LogP) is 0.532. The minimum absolute atomic E-state index is 0.416. The number of nitrogens with one attached hydrogen (secondary N) is 1. The van der Waals surface area contributed by atoms with Crippen LogP contribution in [0.15, 0.2) is 30.3 Å². The quantitative estimate of drug-likeness (QED) is 0.560. The van der Waals surface area contributed by atoms with Gasteiger partial charge in [-0.25, -0.2) is 5.48 Å². The maximum atomic E-state index is 11.4. The van der Waals surface area contributed by atoms with Crippen LogP contribution in [0, 0.1) is 0 Å². The highest BCUT2D eigenvalue weighted by Crippen LogP contribution is 2.15. The summed E-state index contributed by atoms with van der Waals surface area (Å²) in [4.78, 5) is 26.7. The summed E-state index contributed by atoms with van der Waals surface area (Å²) in [6.45, 7) is 0. The van der Waals surface area contributed by atoms with Crippen LogP contribution in [0.1, 0.15) is 11.5 Å². The molecule has 5 nitrogen and oxygen atoms in total. The van der Waals surface area contributed by atoms with E-state index in [0.717, 1.165) is 0 Å². The molecular formula is C10H11NO4. The van der Waals surface area contributed by atoms with Crippen LogP contribution >= 0.6 is 0 Å². The molecule has 2 N–H and O–H groups in total. The second-order valence-corrected chi connectivity index (χ2v) is 2.85. The van der Waals surface area contributed by atoms with Gasteiger partial charge in [0.25, 0.3) is 5.91 Å². The maximum Gasteiger partial charge on any atom is 0.320 e. The number of carboxylic acids is 1. The molecule has 1 amide bonds. The number of aliphatic carboxylic acids is 1. The van der Waals surface area contributed by atoms with Crippen LogP contribution in [0.2, 0.25) is 0 Å². The van der Waals surface area contributed by atoms with E-state index >= 15 is 0 Å². The summed E-state index contributed by atoms with van der Waals surface area (Å²) >= 11 is 0. The van der Waals surface area contributed by atoms with Gasteiger partial charge >= 0.3 is 5.97 Å². The van der Waals surface area contributed by atoms with Crippen LogP contribution in [0.5, 0.6) is 0 Å². The summed E-state index contributed by atoms with van der Waals surface area (Å²) in [5, 5.41) is 8.91. The Morgan fingerprint density at radius 3 is 2.40 bits per heavy atom. The van der Waals surface area contributed by atoms with Crippen LogP contribution in [0.3, 0.4) is 0 Å². The summed E-state index contributed by atoms with van der Waals surface area (Å²) < 4.78 is 0. The third-order valence-corrected chi connectivity index (χ3v) is 1.84. The molecule has 0 bridgehead atoms. The van der Waals surface area contributed by atoms with Crippen molar-refractivity contribution in [1.82, 2.24) is 5.48 Å². The molecule has 0 saturated carbocycles. The van der Waals surface area contributed by atoms with Crippen LogP contribution in [0.25, 0.3) is 0 Å². The standard InChI is InChI=1S/C10H11NO4/c1-15-11-9(12)8(10(13)14)7-5-3-2-4-6-7/h2-6,8H,1H3,(H,11,12)(H,13,14). The number of hydrogen-bond donors (Lipinski definition) is 2. The molecule has 5 heteroatoms. The number of carbonyl (C=O) groups excluding carboxylic acids is 1. The first kappa shape index (κ1) is 11.2. The Bertz CT molecular complexity index is 350. The van der Waals surface area contributed by atoms with E-state index in [9.17, 15) is 9.59 Å². The molecule has 0 aliphatic heterocycles. The van der Waals surface area contributed by atoms with E-state index in [1.807, 2.05) is 5.48 Å². The Morgan fingerprint density at radius 1 is 1.33 bits per heavy atom. The number of carbonyl (C=O) groups is 2. The molecule has 0 radical (unpaired) electrons. The van der Waals surface area contributed by atoms with Gasteiger partial charge in [0.1, 0.15) is 0 Å². The molecule has 0 saturated heterocycles. The van der Waals surface area contributed by atoms with Gasteiger partial charge in [-0.15, -0.1) is 0 Å². The minimum Gasteiger partial charge on any atom is -0.480 e. The van der Waals surface area contributed by atoms with E-state index in [4.69, 9.17) is 5.11 Å². The summed E-state index contributed by atoms with van der Waals surface area (Å²) in [7, 11) is 1.25. The van der Waals surface area contributed by atoms with E-state index in [1.54, 1.807) is 30.3 Å². The van der Waals surface area contributed by atoms with Crippen molar-refractivity contribution in [3.05, 3.63) is 35.9 Å². The first-order chi connectivity index (χ1) is 7.16. The number of hydrogen-bond acceptors (Lipinski definition) is 3. The zero-order valence-corrected chi connectivity index (χ0v) is 8.14. The Morgan fingerprint density at radius 2 is 1.93 bits per heavy atom. The first-order valence-electron chi connectivity index (χ1n) is 4.27. The minimum atomic E-state index is -1.24. The molecule has 1 unspecified atom stereocenters. The number of benzene rings is 1. The fourth-order valence-electron chi connectivity index (χ4n) is 1.21. The number of amides is 1. The highest BCUT2D eigenvalue weighted by Gasteiger charge is 2.27. The fraction of sp³-hybridized carbons (Fsp3) is 0.200. The van der Waals surface area contributed by atoms with Gasteiger partial charge in [-0.05, 0) is 5.56 Å². The van der Waals surface area contributed by atoms with Gasteiger partial charge in [0.15, 0.2) is 5.92 Å². The lowest BCUT2D eigenvalue weighted by Gasteiger charge is -2.11. The van der Waals surface area contributed by atoms with Crippen molar-refractivity contribution >= 4 is 11.9 Å². The van der Waals surface area contributed by atoms with Gasteiger partial charge in [-0.3, -0.25) is 14.4 Å². The van der Waals surface area contributed by atoms with E-state index in [1.165, 1.54) is 7.11 Å². The van der Waals surface area contributed by atoms with E-state index in [0.29, 0.717) is 5.56 Å². The van der Waals surface area contributed by atoms with Crippen LogP contribution in [0.4, 0.5) is 0 Å². The SMILES string of the molecule is CONC(=O)C(C(=O)O)c1ccccc1. The van der Waals surface area contributed by atoms with Gasteiger partial charge in [0.05, 0.1) is 7.11 Å². The summed E-state index contributed by atoms with van der Waals surface area (Å²) in [5.74, 6) is -3.15.